The molecule has 0 aliphatic rings. The summed E-state index contributed by atoms with van der Waals surface area (Å²) in [7, 11) is 1.51. The van der Waals surface area contributed by atoms with Crippen LogP contribution in [0.5, 0.6) is 0 Å². The third-order valence-electron chi connectivity index (χ3n) is 1.87. The van der Waals surface area contributed by atoms with Gasteiger partial charge in [-0.3, -0.25) is 15.1 Å². The number of halogens is 2. The Hall–Kier alpha value is -0.910. The van der Waals surface area contributed by atoms with Crippen molar-refractivity contribution in [1.82, 2.24) is 4.98 Å². The minimum Gasteiger partial charge on any atom is -0.383 e. The summed E-state index contributed by atoms with van der Waals surface area (Å²) in [6.07, 6.45) is 1.63. The summed E-state index contributed by atoms with van der Waals surface area (Å²) in [5.41, 5.74) is 0.195. The number of aromatic nitrogens is 1. The topological polar surface area (TPSA) is 65.3 Å². The predicted octanol–water partition coefficient (Wildman–Crippen LogP) is 2.44. The number of nitrogens with zero attached hydrogens (tertiary/aromatic N) is 2. The van der Waals surface area contributed by atoms with Crippen molar-refractivity contribution in [3.05, 3.63) is 33.1 Å². The van der Waals surface area contributed by atoms with Crippen LogP contribution in [0, 0.1) is 10.1 Å². The van der Waals surface area contributed by atoms with Gasteiger partial charge in [0.15, 0.2) is 0 Å². The number of methoxy groups -OCH3 is 1. The first kappa shape index (κ1) is 13.2. The molecule has 0 amide bonds. The fourth-order valence-corrected chi connectivity index (χ4v) is 1.65. The molecule has 0 N–H and O–H groups in total. The molecule has 1 aromatic rings. The largest absolute Gasteiger partial charge is 0.383 e. The van der Waals surface area contributed by atoms with Crippen LogP contribution >= 0.6 is 23.2 Å². The van der Waals surface area contributed by atoms with E-state index in [-0.39, 0.29) is 22.5 Å². The first-order chi connectivity index (χ1) is 7.54. The Balaban J connectivity index is 2.90. The van der Waals surface area contributed by atoms with Crippen molar-refractivity contribution in [2.75, 3.05) is 13.7 Å². The van der Waals surface area contributed by atoms with Crippen molar-refractivity contribution in [3.8, 4) is 0 Å². The quantitative estimate of drug-likeness (QED) is 0.466. The lowest BCUT2D eigenvalue weighted by Crippen LogP contribution is -2.13. The normalized spacial score (nSPS) is 12.4. The van der Waals surface area contributed by atoms with Gasteiger partial charge in [0.05, 0.1) is 21.9 Å². The smallest absolute Gasteiger partial charge is 0.292 e. The molecule has 16 heavy (non-hydrogen) atoms. The third-order valence-corrected chi connectivity index (χ3v) is 2.36. The van der Waals surface area contributed by atoms with E-state index in [1.54, 1.807) is 0 Å². The van der Waals surface area contributed by atoms with E-state index in [0.29, 0.717) is 12.3 Å². The van der Waals surface area contributed by atoms with Crippen LogP contribution in [-0.4, -0.2) is 29.0 Å². The molecule has 0 aromatic carbocycles. The lowest BCUT2D eigenvalue weighted by Gasteiger charge is -2.07. The van der Waals surface area contributed by atoms with Crippen molar-refractivity contribution < 1.29 is 9.66 Å². The van der Waals surface area contributed by atoms with E-state index in [2.05, 4.69) is 4.98 Å². The molecular weight excluding hydrogens is 255 g/mol. The van der Waals surface area contributed by atoms with Gasteiger partial charge in [-0.25, -0.2) is 0 Å². The van der Waals surface area contributed by atoms with E-state index in [0.717, 1.165) is 0 Å². The second kappa shape index (κ2) is 5.98. The van der Waals surface area contributed by atoms with Gasteiger partial charge in [-0.1, -0.05) is 11.6 Å². The highest BCUT2D eigenvalue weighted by Gasteiger charge is 2.18. The molecule has 1 rings (SSSR count). The fourth-order valence-electron chi connectivity index (χ4n) is 1.22. The summed E-state index contributed by atoms with van der Waals surface area (Å²) in [5, 5.41) is 10.6. The molecule has 5 nitrogen and oxygen atoms in total. The SMILES string of the molecule is COCC(Cl)Cc1ncc(Cl)cc1[N+](=O)[O-]. The number of ether oxygens (including phenoxy) is 1. The maximum atomic E-state index is 10.7. The van der Waals surface area contributed by atoms with Gasteiger partial charge in [0.1, 0.15) is 5.69 Å². The van der Waals surface area contributed by atoms with E-state index in [1.807, 2.05) is 0 Å². The standard InChI is InChI=1S/C9H10Cl2N2O3/c1-16-5-7(11)2-8-9(13(14)15)3-6(10)4-12-8/h3-4,7H,2,5H2,1H3. The van der Waals surface area contributed by atoms with Gasteiger partial charge < -0.3 is 4.74 Å². The molecule has 0 fully saturated rings. The van der Waals surface area contributed by atoms with Gasteiger partial charge >= 0.3 is 0 Å². The molecule has 0 spiro atoms. The van der Waals surface area contributed by atoms with E-state index < -0.39 is 4.92 Å². The molecule has 88 valence electrons. The molecule has 0 saturated heterocycles. The zero-order chi connectivity index (χ0) is 12.1. The summed E-state index contributed by atoms with van der Waals surface area (Å²) in [5.74, 6) is 0. The van der Waals surface area contributed by atoms with E-state index in [1.165, 1.54) is 19.4 Å². The number of alkyl halides is 1. The summed E-state index contributed by atoms with van der Waals surface area (Å²) in [6, 6.07) is 1.26. The lowest BCUT2D eigenvalue weighted by molar-refractivity contribution is -0.385. The molecule has 0 aliphatic heterocycles. The van der Waals surface area contributed by atoms with Crippen LogP contribution in [0.4, 0.5) is 5.69 Å². The third kappa shape index (κ3) is 3.59. The Labute approximate surface area is 102 Å². The van der Waals surface area contributed by atoms with E-state index in [9.17, 15) is 10.1 Å². The molecular formula is C9H10Cl2N2O3. The summed E-state index contributed by atoms with van der Waals surface area (Å²) >= 11 is 11.5. The molecule has 0 radical (unpaired) electrons. The molecule has 1 unspecified atom stereocenters. The fraction of sp³-hybridized carbons (Fsp3) is 0.444. The van der Waals surface area contributed by atoms with Crippen LogP contribution in [0.15, 0.2) is 12.3 Å². The molecule has 1 heterocycles. The minimum atomic E-state index is -0.523. The first-order valence-electron chi connectivity index (χ1n) is 4.46. The Bertz CT molecular complexity index is 387. The lowest BCUT2D eigenvalue weighted by atomic mass is 10.2. The Morgan fingerprint density at radius 3 is 2.94 bits per heavy atom. The van der Waals surface area contributed by atoms with Crippen LogP contribution in [-0.2, 0) is 11.2 Å². The summed E-state index contributed by atoms with van der Waals surface area (Å²) in [4.78, 5) is 14.1. The Morgan fingerprint density at radius 1 is 1.69 bits per heavy atom. The average molecular weight is 265 g/mol. The van der Waals surface area contributed by atoms with Gasteiger partial charge in [0.2, 0.25) is 0 Å². The highest BCUT2D eigenvalue weighted by Crippen LogP contribution is 2.22. The zero-order valence-electron chi connectivity index (χ0n) is 8.52. The van der Waals surface area contributed by atoms with Crippen molar-refractivity contribution >= 4 is 28.9 Å². The van der Waals surface area contributed by atoms with Crippen molar-refractivity contribution in [1.29, 1.82) is 0 Å². The highest BCUT2D eigenvalue weighted by atomic mass is 35.5. The maximum absolute atomic E-state index is 10.7. The molecule has 0 bridgehead atoms. The van der Waals surface area contributed by atoms with Crippen LogP contribution in [0.25, 0.3) is 0 Å². The molecule has 1 atom stereocenters. The maximum Gasteiger partial charge on any atom is 0.292 e. The van der Waals surface area contributed by atoms with Gasteiger partial charge in [-0.15, -0.1) is 11.6 Å². The minimum absolute atomic E-state index is 0.116. The van der Waals surface area contributed by atoms with Crippen LogP contribution in [0.1, 0.15) is 5.69 Å². The average Bonchev–Trinajstić information content (AvgIpc) is 2.20. The van der Waals surface area contributed by atoms with Gasteiger partial charge in [0, 0.05) is 25.8 Å². The molecule has 7 heteroatoms. The zero-order valence-corrected chi connectivity index (χ0v) is 10.0. The van der Waals surface area contributed by atoms with Crippen LogP contribution in [0.2, 0.25) is 5.02 Å². The second-order valence-corrected chi connectivity index (χ2v) is 4.19. The molecule has 1 aromatic heterocycles. The monoisotopic (exact) mass is 264 g/mol. The molecule has 0 aliphatic carbocycles. The van der Waals surface area contributed by atoms with Gasteiger partial charge in [0.25, 0.3) is 5.69 Å². The number of rotatable bonds is 5. The number of hydrogen-bond acceptors (Lipinski definition) is 4. The van der Waals surface area contributed by atoms with E-state index >= 15 is 0 Å². The first-order valence-corrected chi connectivity index (χ1v) is 5.28. The predicted molar refractivity (Wildman–Crippen MR) is 61.1 cm³/mol. The second-order valence-electron chi connectivity index (χ2n) is 3.13. The highest BCUT2D eigenvalue weighted by molar-refractivity contribution is 6.30. The van der Waals surface area contributed by atoms with Crippen molar-refractivity contribution in [3.63, 3.8) is 0 Å². The summed E-state index contributed by atoms with van der Waals surface area (Å²) in [6.45, 7) is 0.309. The van der Waals surface area contributed by atoms with Crippen molar-refractivity contribution in [2.45, 2.75) is 11.8 Å². The van der Waals surface area contributed by atoms with Gasteiger partial charge in [-0.2, -0.15) is 0 Å². The van der Waals surface area contributed by atoms with Crippen molar-refractivity contribution in [2.24, 2.45) is 0 Å². The number of hydrogen-bond donors (Lipinski definition) is 0. The van der Waals surface area contributed by atoms with Crippen LogP contribution < -0.4 is 0 Å². The summed E-state index contributed by atoms with van der Waals surface area (Å²) < 4.78 is 4.84. The molecule has 0 saturated carbocycles. The Morgan fingerprint density at radius 2 is 2.38 bits per heavy atom. The van der Waals surface area contributed by atoms with Crippen LogP contribution in [0.3, 0.4) is 0 Å². The van der Waals surface area contributed by atoms with E-state index in [4.69, 9.17) is 27.9 Å². The van der Waals surface area contributed by atoms with Gasteiger partial charge in [-0.05, 0) is 0 Å². The number of pyridine rings is 1. The number of nitro groups is 1. The Kier molecular flexibility index (Phi) is 4.92.